The van der Waals surface area contributed by atoms with Crippen LogP contribution in [-0.4, -0.2) is 30.6 Å². The van der Waals surface area contributed by atoms with Crippen molar-refractivity contribution in [3.63, 3.8) is 0 Å². The zero-order valence-electron chi connectivity index (χ0n) is 10.5. The van der Waals surface area contributed by atoms with Crippen LogP contribution in [0, 0.1) is 6.92 Å². The largest absolute Gasteiger partial charge is 0.466 e. The van der Waals surface area contributed by atoms with Gasteiger partial charge in [-0.05, 0) is 26.0 Å². The van der Waals surface area contributed by atoms with Crippen molar-refractivity contribution < 1.29 is 19.1 Å². The molecule has 0 amide bonds. The summed E-state index contributed by atoms with van der Waals surface area (Å²) in [6.45, 7) is 5.52. The van der Waals surface area contributed by atoms with Gasteiger partial charge in [0.1, 0.15) is 0 Å². The molecule has 1 aromatic heterocycles. The van der Waals surface area contributed by atoms with Gasteiger partial charge in [-0.25, -0.2) is 4.79 Å². The highest BCUT2D eigenvalue weighted by molar-refractivity contribution is 5.88. The molecular formula is C12H17NO4. The lowest BCUT2D eigenvalue weighted by atomic mass is 10.2. The van der Waals surface area contributed by atoms with E-state index in [0.29, 0.717) is 12.2 Å². The molecule has 5 heteroatoms. The molecule has 0 bridgehead atoms. The lowest BCUT2D eigenvalue weighted by Gasteiger charge is -1.97. The summed E-state index contributed by atoms with van der Waals surface area (Å²) in [7, 11) is 1.35. The second kappa shape index (κ2) is 8.27. The van der Waals surface area contributed by atoms with Crippen LogP contribution in [0.25, 0.3) is 0 Å². The molecule has 0 aliphatic carbocycles. The molecule has 0 fully saturated rings. The fraction of sp³-hybridized carbons (Fsp3) is 0.417. The molecule has 0 unspecified atom stereocenters. The molecule has 0 saturated carbocycles. The molecule has 94 valence electrons. The van der Waals surface area contributed by atoms with Crippen molar-refractivity contribution in [1.29, 1.82) is 0 Å². The van der Waals surface area contributed by atoms with Gasteiger partial charge in [0.15, 0.2) is 0 Å². The zero-order chi connectivity index (χ0) is 13.3. The van der Waals surface area contributed by atoms with E-state index in [4.69, 9.17) is 0 Å². The maximum Gasteiger partial charge on any atom is 0.339 e. The minimum absolute atomic E-state index is 0.211. The van der Waals surface area contributed by atoms with Crippen LogP contribution in [-0.2, 0) is 14.3 Å². The van der Waals surface area contributed by atoms with Gasteiger partial charge in [-0.1, -0.05) is 0 Å². The number of esters is 2. The number of hydrogen-bond acceptors (Lipinski definition) is 5. The highest BCUT2D eigenvalue weighted by Crippen LogP contribution is 1.99. The number of aryl methyl sites for hydroxylation is 1. The first-order chi connectivity index (χ1) is 8.01. The Kier molecular flexibility index (Phi) is 7.34. The standard InChI is InChI=1S/C8H9NO2.C4H8O2/c1-6-3-4-7(5-9-6)8(10)11-2;1-3-6-4(2)5/h3-5H,1-2H3;3H2,1-2H3. The molecule has 0 atom stereocenters. The number of pyridine rings is 1. The predicted molar refractivity (Wildman–Crippen MR) is 62.6 cm³/mol. The lowest BCUT2D eigenvalue weighted by molar-refractivity contribution is -0.140. The monoisotopic (exact) mass is 239 g/mol. The van der Waals surface area contributed by atoms with Crippen LogP contribution >= 0.6 is 0 Å². The number of rotatable bonds is 2. The summed E-state index contributed by atoms with van der Waals surface area (Å²) >= 11 is 0. The summed E-state index contributed by atoms with van der Waals surface area (Å²) in [4.78, 5) is 24.6. The molecule has 1 heterocycles. The number of carbonyl (C=O) groups excluding carboxylic acids is 2. The Bertz CT molecular complexity index is 359. The van der Waals surface area contributed by atoms with Gasteiger partial charge in [-0.15, -0.1) is 0 Å². The van der Waals surface area contributed by atoms with Crippen LogP contribution in [0.3, 0.4) is 0 Å². The predicted octanol–water partition coefficient (Wildman–Crippen LogP) is 1.75. The molecule has 17 heavy (non-hydrogen) atoms. The number of hydrogen-bond donors (Lipinski definition) is 0. The van der Waals surface area contributed by atoms with Crippen molar-refractivity contribution >= 4 is 11.9 Å². The first kappa shape index (κ1) is 15.1. The van der Waals surface area contributed by atoms with Crippen LogP contribution in [0.5, 0.6) is 0 Å². The second-order valence-electron chi connectivity index (χ2n) is 3.10. The van der Waals surface area contributed by atoms with E-state index in [1.807, 2.05) is 6.92 Å². The van der Waals surface area contributed by atoms with E-state index < -0.39 is 0 Å². The number of carbonyl (C=O) groups is 2. The molecule has 0 saturated heterocycles. The van der Waals surface area contributed by atoms with Gasteiger partial charge >= 0.3 is 11.9 Å². The van der Waals surface area contributed by atoms with Crippen LogP contribution < -0.4 is 0 Å². The maximum atomic E-state index is 10.9. The SMILES string of the molecule is CCOC(C)=O.COC(=O)c1ccc(C)nc1. The molecule has 0 aliphatic rings. The first-order valence-electron chi connectivity index (χ1n) is 5.15. The first-order valence-corrected chi connectivity index (χ1v) is 5.15. The van der Waals surface area contributed by atoms with Gasteiger partial charge in [0, 0.05) is 18.8 Å². The van der Waals surface area contributed by atoms with E-state index >= 15 is 0 Å². The van der Waals surface area contributed by atoms with Gasteiger partial charge in [0.2, 0.25) is 0 Å². The average Bonchev–Trinajstić information content (AvgIpc) is 2.29. The maximum absolute atomic E-state index is 10.9. The number of methoxy groups -OCH3 is 1. The summed E-state index contributed by atoms with van der Waals surface area (Å²) in [5.41, 5.74) is 1.37. The Morgan fingerprint density at radius 2 is 2.00 bits per heavy atom. The highest BCUT2D eigenvalue weighted by atomic mass is 16.5. The average molecular weight is 239 g/mol. The molecular weight excluding hydrogens is 222 g/mol. The molecule has 0 aromatic carbocycles. The van der Waals surface area contributed by atoms with E-state index in [0.717, 1.165) is 5.69 Å². The van der Waals surface area contributed by atoms with Crippen molar-refractivity contribution in [2.45, 2.75) is 20.8 Å². The molecule has 0 spiro atoms. The van der Waals surface area contributed by atoms with Crippen LogP contribution in [0.15, 0.2) is 18.3 Å². The van der Waals surface area contributed by atoms with Crippen LogP contribution in [0.4, 0.5) is 0 Å². The molecule has 0 radical (unpaired) electrons. The van der Waals surface area contributed by atoms with Gasteiger partial charge in [-0.3, -0.25) is 9.78 Å². The third-order valence-corrected chi connectivity index (χ3v) is 1.68. The van der Waals surface area contributed by atoms with E-state index in [2.05, 4.69) is 14.5 Å². The third-order valence-electron chi connectivity index (χ3n) is 1.68. The van der Waals surface area contributed by atoms with E-state index in [-0.39, 0.29) is 11.9 Å². The van der Waals surface area contributed by atoms with Crippen molar-refractivity contribution in [1.82, 2.24) is 4.98 Å². The van der Waals surface area contributed by atoms with Gasteiger partial charge in [0.25, 0.3) is 0 Å². The van der Waals surface area contributed by atoms with Gasteiger partial charge in [-0.2, -0.15) is 0 Å². The van der Waals surface area contributed by atoms with Crippen molar-refractivity contribution in [3.8, 4) is 0 Å². The zero-order valence-corrected chi connectivity index (χ0v) is 10.5. The van der Waals surface area contributed by atoms with Crippen molar-refractivity contribution in [3.05, 3.63) is 29.6 Å². The molecule has 1 rings (SSSR count). The molecule has 0 aliphatic heterocycles. The van der Waals surface area contributed by atoms with E-state index in [1.165, 1.54) is 20.2 Å². The highest BCUT2D eigenvalue weighted by Gasteiger charge is 2.03. The quantitative estimate of drug-likeness (QED) is 0.735. The van der Waals surface area contributed by atoms with Gasteiger partial charge < -0.3 is 9.47 Å². The fourth-order valence-electron chi connectivity index (χ4n) is 0.910. The molecule has 5 nitrogen and oxygen atoms in total. The number of nitrogens with zero attached hydrogens (tertiary/aromatic N) is 1. The minimum Gasteiger partial charge on any atom is -0.466 e. The second-order valence-corrected chi connectivity index (χ2v) is 3.10. The summed E-state index contributed by atoms with van der Waals surface area (Å²) in [6, 6.07) is 3.46. The summed E-state index contributed by atoms with van der Waals surface area (Å²) in [6.07, 6.45) is 1.50. The molecule has 1 aromatic rings. The van der Waals surface area contributed by atoms with Crippen LogP contribution in [0.2, 0.25) is 0 Å². The Hall–Kier alpha value is -1.91. The number of aromatic nitrogens is 1. The topological polar surface area (TPSA) is 65.5 Å². The van der Waals surface area contributed by atoms with E-state index in [9.17, 15) is 9.59 Å². The summed E-state index contributed by atoms with van der Waals surface area (Å²) < 4.78 is 8.90. The normalized spacial score (nSPS) is 8.71. The summed E-state index contributed by atoms with van der Waals surface area (Å²) in [5.74, 6) is -0.560. The van der Waals surface area contributed by atoms with Crippen LogP contribution in [0.1, 0.15) is 29.9 Å². The number of ether oxygens (including phenoxy) is 2. The Morgan fingerprint density at radius 3 is 2.29 bits per heavy atom. The third kappa shape index (κ3) is 7.05. The Morgan fingerprint density at radius 1 is 1.35 bits per heavy atom. The van der Waals surface area contributed by atoms with Crippen molar-refractivity contribution in [2.24, 2.45) is 0 Å². The Labute approximate surface area is 101 Å². The fourth-order valence-corrected chi connectivity index (χ4v) is 0.910. The van der Waals surface area contributed by atoms with Gasteiger partial charge in [0.05, 0.1) is 19.3 Å². The smallest absolute Gasteiger partial charge is 0.339 e. The minimum atomic E-state index is -0.350. The summed E-state index contributed by atoms with van der Waals surface area (Å²) in [5, 5.41) is 0. The Balaban J connectivity index is 0.000000366. The van der Waals surface area contributed by atoms with E-state index in [1.54, 1.807) is 19.1 Å². The van der Waals surface area contributed by atoms with Crippen molar-refractivity contribution in [2.75, 3.05) is 13.7 Å². The molecule has 0 N–H and O–H groups in total. The lowest BCUT2D eigenvalue weighted by Crippen LogP contribution is -2.01.